The molecule has 0 saturated carbocycles. The summed E-state index contributed by atoms with van der Waals surface area (Å²) < 4.78 is 9.38. The molecule has 0 aliphatic rings. The first-order chi connectivity index (χ1) is 10.8. The van der Waals surface area contributed by atoms with Crippen molar-refractivity contribution in [1.29, 1.82) is 0 Å². The number of hydrogen-bond donors (Lipinski definition) is 1. The minimum atomic E-state index is -1.25. The zero-order chi connectivity index (χ0) is 17.4. The van der Waals surface area contributed by atoms with Crippen LogP contribution in [0.4, 0.5) is 4.79 Å². The fraction of sp³-hybridized carbons (Fsp3) is 0.400. The summed E-state index contributed by atoms with van der Waals surface area (Å²) in [7, 11) is 0. The molecular formula is C15H17ClNNaO6. The summed E-state index contributed by atoms with van der Waals surface area (Å²) in [4.78, 5) is 33.4. The van der Waals surface area contributed by atoms with E-state index in [2.05, 4.69) is 10.1 Å². The van der Waals surface area contributed by atoms with Gasteiger partial charge in [0.05, 0.1) is 0 Å². The first kappa shape index (κ1) is 22.7. The molecule has 0 heterocycles. The van der Waals surface area contributed by atoms with Gasteiger partial charge in [0.2, 0.25) is 6.29 Å². The van der Waals surface area contributed by atoms with E-state index in [9.17, 15) is 19.5 Å². The van der Waals surface area contributed by atoms with Gasteiger partial charge in [0.25, 0.3) is 0 Å². The summed E-state index contributed by atoms with van der Waals surface area (Å²) in [5, 5.41) is 14.1. The SMILES string of the molecule is CC(=O)OC(C)OC(=O)NCCC(C(=O)[O-])c1ccc(Cl)cc1.[Na+]. The van der Waals surface area contributed by atoms with E-state index in [1.807, 2.05) is 0 Å². The predicted molar refractivity (Wildman–Crippen MR) is 79.5 cm³/mol. The molecule has 0 aromatic heterocycles. The maximum Gasteiger partial charge on any atom is 1.00 e. The van der Waals surface area contributed by atoms with E-state index in [1.54, 1.807) is 24.3 Å². The van der Waals surface area contributed by atoms with Crippen molar-refractivity contribution in [3.8, 4) is 0 Å². The van der Waals surface area contributed by atoms with Crippen molar-refractivity contribution < 1.29 is 58.5 Å². The largest absolute Gasteiger partial charge is 1.00 e. The number of ether oxygens (including phenoxy) is 2. The molecule has 0 spiro atoms. The van der Waals surface area contributed by atoms with Crippen LogP contribution in [0.3, 0.4) is 0 Å². The van der Waals surface area contributed by atoms with Crippen molar-refractivity contribution in [3.05, 3.63) is 34.9 Å². The van der Waals surface area contributed by atoms with Crippen molar-refractivity contribution >= 4 is 29.6 Å². The van der Waals surface area contributed by atoms with Crippen LogP contribution in [0.5, 0.6) is 0 Å². The van der Waals surface area contributed by atoms with Crippen molar-refractivity contribution in [2.75, 3.05) is 6.54 Å². The minimum absolute atomic E-state index is 0. The Balaban J connectivity index is 0.00000529. The average molecular weight is 366 g/mol. The zero-order valence-electron chi connectivity index (χ0n) is 13.7. The van der Waals surface area contributed by atoms with Crippen LogP contribution >= 0.6 is 11.6 Å². The monoisotopic (exact) mass is 365 g/mol. The number of benzene rings is 1. The van der Waals surface area contributed by atoms with Gasteiger partial charge in [0.1, 0.15) is 0 Å². The smallest absolute Gasteiger partial charge is 0.549 e. The van der Waals surface area contributed by atoms with Crippen LogP contribution in [0.1, 0.15) is 31.7 Å². The second kappa shape index (κ2) is 11.3. The molecule has 0 aliphatic carbocycles. The summed E-state index contributed by atoms with van der Waals surface area (Å²) in [5.74, 6) is -2.72. The first-order valence-corrected chi connectivity index (χ1v) is 7.25. The minimum Gasteiger partial charge on any atom is -0.549 e. The molecule has 1 rings (SSSR count). The van der Waals surface area contributed by atoms with E-state index >= 15 is 0 Å². The van der Waals surface area contributed by atoms with E-state index in [0.717, 1.165) is 0 Å². The summed E-state index contributed by atoms with van der Waals surface area (Å²) in [5.41, 5.74) is 0.526. The fourth-order valence-corrected chi connectivity index (χ4v) is 2.01. The molecule has 1 aromatic carbocycles. The predicted octanol–water partition coefficient (Wildman–Crippen LogP) is -1.80. The number of carboxylic acid groups (broad SMARTS) is 1. The van der Waals surface area contributed by atoms with Crippen LogP contribution < -0.4 is 40.0 Å². The Kier molecular flexibility index (Phi) is 10.7. The van der Waals surface area contributed by atoms with Crippen molar-refractivity contribution in [2.24, 2.45) is 0 Å². The summed E-state index contributed by atoms with van der Waals surface area (Å²) >= 11 is 5.75. The number of aliphatic carboxylic acids is 1. The van der Waals surface area contributed by atoms with Crippen molar-refractivity contribution in [2.45, 2.75) is 32.5 Å². The second-order valence-corrected chi connectivity index (χ2v) is 5.16. The van der Waals surface area contributed by atoms with Gasteiger partial charge in [0, 0.05) is 37.3 Å². The third-order valence-corrected chi connectivity index (χ3v) is 3.12. The number of rotatable bonds is 7. The van der Waals surface area contributed by atoms with Crippen LogP contribution in [0.2, 0.25) is 5.02 Å². The van der Waals surface area contributed by atoms with Crippen LogP contribution in [0.15, 0.2) is 24.3 Å². The van der Waals surface area contributed by atoms with Crippen molar-refractivity contribution in [3.63, 3.8) is 0 Å². The molecule has 9 heteroatoms. The Morgan fingerprint density at radius 2 is 1.79 bits per heavy atom. The summed E-state index contributed by atoms with van der Waals surface area (Å²) in [6.07, 6.45) is -1.73. The zero-order valence-corrected chi connectivity index (χ0v) is 16.5. The molecule has 2 unspecified atom stereocenters. The van der Waals surface area contributed by atoms with Gasteiger partial charge in [0.15, 0.2) is 0 Å². The van der Waals surface area contributed by atoms with Gasteiger partial charge in [-0.2, -0.15) is 0 Å². The molecule has 2 atom stereocenters. The van der Waals surface area contributed by atoms with E-state index < -0.39 is 30.2 Å². The van der Waals surface area contributed by atoms with Crippen LogP contribution in [0.25, 0.3) is 0 Å². The van der Waals surface area contributed by atoms with Crippen LogP contribution in [-0.4, -0.2) is 30.9 Å². The molecular weight excluding hydrogens is 349 g/mol. The molecule has 1 aromatic rings. The summed E-state index contributed by atoms with van der Waals surface area (Å²) in [6.45, 7) is 2.62. The number of esters is 1. The van der Waals surface area contributed by atoms with E-state index in [1.165, 1.54) is 13.8 Å². The van der Waals surface area contributed by atoms with Crippen molar-refractivity contribution in [1.82, 2.24) is 5.32 Å². The van der Waals surface area contributed by atoms with Gasteiger partial charge in [-0.3, -0.25) is 4.79 Å². The number of halogens is 1. The molecule has 0 saturated heterocycles. The van der Waals surface area contributed by atoms with E-state index in [-0.39, 0.29) is 42.5 Å². The maximum atomic E-state index is 11.5. The standard InChI is InChI=1S/C15H18ClNO6.Na/c1-9(18)22-10(2)23-15(21)17-8-7-13(14(19)20)11-3-5-12(16)6-4-11;/h3-6,10,13H,7-8H2,1-2H3,(H,17,21)(H,19,20);/q;+1/p-1. The van der Waals surface area contributed by atoms with Gasteiger partial charge in [-0.25, -0.2) is 4.79 Å². The number of hydrogen-bond acceptors (Lipinski definition) is 6. The molecule has 1 amide bonds. The summed E-state index contributed by atoms with van der Waals surface area (Å²) in [6, 6.07) is 6.33. The van der Waals surface area contributed by atoms with Gasteiger partial charge < -0.3 is 24.7 Å². The van der Waals surface area contributed by atoms with Gasteiger partial charge >= 0.3 is 41.6 Å². The van der Waals surface area contributed by atoms with Gasteiger partial charge in [-0.1, -0.05) is 23.7 Å². The Labute approximate surface area is 166 Å². The molecule has 0 radical (unpaired) electrons. The average Bonchev–Trinajstić information content (AvgIpc) is 2.43. The molecule has 1 N–H and O–H groups in total. The number of carbonyl (C=O) groups is 3. The molecule has 0 aliphatic heterocycles. The van der Waals surface area contributed by atoms with E-state index in [0.29, 0.717) is 10.6 Å². The number of carboxylic acids is 1. The Hall–Kier alpha value is -1.28. The van der Waals surface area contributed by atoms with Crippen LogP contribution in [0, 0.1) is 0 Å². The maximum absolute atomic E-state index is 11.5. The quantitative estimate of drug-likeness (QED) is 0.347. The molecule has 7 nitrogen and oxygen atoms in total. The Morgan fingerprint density at radius 1 is 1.21 bits per heavy atom. The molecule has 0 bridgehead atoms. The molecule has 126 valence electrons. The third kappa shape index (κ3) is 8.54. The third-order valence-electron chi connectivity index (χ3n) is 2.86. The van der Waals surface area contributed by atoms with Gasteiger partial charge in [-0.05, 0) is 24.1 Å². The van der Waals surface area contributed by atoms with Crippen LogP contribution in [-0.2, 0) is 19.1 Å². The number of alkyl carbamates (subject to hydrolysis) is 1. The Bertz CT molecular complexity index is 566. The fourth-order valence-electron chi connectivity index (χ4n) is 1.88. The van der Waals surface area contributed by atoms with Gasteiger partial charge in [-0.15, -0.1) is 0 Å². The normalized spacial score (nSPS) is 12.3. The number of carbonyl (C=O) groups excluding carboxylic acids is 3. The topological polar surface area (TPSA) is 105 Å². The molecule has 0 fully saturated rings. The first-order valence-electron chi connectivity index (χ1n) is 6.87. The number of nitrogens with one attached hydrogen (secondary N) is 1. The Morgan fingerprint density at radius 3 is 2.29 bits per heavy atom. The second-order valence-electron chi connectivity index (χ2n) is 4.72. The number of amides is 1. The molecule has 24 heavy (non-hydrogen) atoms. The van der Waals surface area contributed by atoms with E-state index in [4.69, 9.17) is 16.3 Å².